The molecule has 0 saturated heterocycles. The molecule has 2 atom stereocenters. The van der Waals surface area contributed by atoms with E-state index in [0.29, 0.717) is 40.1 Å². The quantitative estimate of drug-likeness (QED) is 0.203. The average Bonchev–Trinajstić information content (AvgIpc) is 3.63. The number of carboxylic acids is 3. The molecule has 10 nitrogen and oxygen atoms in total. The Labute approximate surface area is 356 Å². The van der Waals surface area contributed by atoms with Gasteiger partial charge < -0.3 is 39.7 Å². The molecule has 5 heterocycles. The van der Waals surface area contributed by atoms with Gasteiger partial charge in [-0.15, -0.1) is 22.1 Å². The summed E-state index contributed by atoms with van der Waals surface area (Å²) in [5.41, 5.74) is 7.22. The van der Waals surface area contributed by atoms with E-state index < -0.39 is 30.2 Å². The summed E-state index contributed by atoms with van der Waals surface area (Å²) in [6.07, 6.45) is 1.46. The van der Waals surface area contributed by atoms with Crippen LogP contribution in [0.4, 0.5) is 0 Å². The van der Waals surface area contributed by atoms with E-state index in [0.717, 1.165) is 22.3 Å². The van der Waals surface area contributed by atoms with Gasteiger partial charge in [-0.2, -0.15) is 0 Å². The normalized spacial score (nSPS) is 14.9. The number of aliphatic carboxylic acids is 2. The largest absolute Gasteiger partial charge is 2.00 e. The molecule has 0 amide bonds. The average molecular weight is 724 g/mol. The second kappa shape index (κ2) is 18.1. The summed E-state index contributed by atoms with van der Waals surface area (Å²) in [5, 5.41) is 36.1. The minimum atomic E-state index is -1.52. The van der Waals surface area contributed by atoms with Crippen molar-refractivity contribution in [1.82, 2.24) is 19.9 Å². The first-order chi connectivity index (χ1) is 20.9. The zero-order valence-electron chi connectivity index (χ0n) is 28.5. The maximum absolute atomic E-state index is 12.5. The van der Waals surface area contributed by atoms with Gasteiger partial charge in [0.25, 0.3) is 0 Å². The molecule has 14 heteroatoms. The number of hydrogen-bond acceptors (Lipinski definition) is 8. The molecule has 0 saturated carbocycles. The van der Waals surface area contributed by atoms with E-state index in [9.17, 15) is 29.7 Å². The first-order valence-electron chi connectivity index (χ1n) is 14.5. The van der Waals surface area contributed by atoms with Crippen LogP contribution in [0.25, 0.3) is 39.3 Å². The number of carboxylic acid groups (broad SMARTS) is 3. The van der Waals surface area contributed by atoms with E-state index in [1.807, 2.05) is 33.8 Å². The summed E-state index contributed by atoms with van der Waals surface area (Å²) >= 11 is 0. The Morgan fingerprint density at radius 3 is 2.08 bits per heavy atom. The van der Waals surface area contributed by atoms with Gasteiger partial charge in [0, 0.05) is 41.6 Å². The molecule has 5 rings (SSSR count). The van der Waals surface area contributed by atoms with Gasteiger partial charge in [0.15, 0.2) is 0 Å². The molecule has 48 heavy (non-hydrogen) atoms. The molecular weight excluding hydrogens is 693 g/mol. The van der Waals surface area contributed by atoms with E-state index in [1.54, 1.807) is 25.1 Å². The van der Waals surface area contributed by atoms with Crippen molar-refractivity contribution < 1.29 is 135 Å². The number of aromatic nitrogens is 4. The summed E-state index contributed by atoms with van der Waals surface area (Å²) in [7, 11) is 0. The van der Waals surface area contributed by atoms with Gasteiger partial charge in [0.05, 0.1) is 17.4 Å². The Bertz CT molecular complexity index is 1970. The van der Waals surface area contributed by atoms with Crippen molar-refractivity contribution in [3.63, 3.8) is 0 Å². The number of fused-ring (bicyclic) bond motifs is 8. The molecule has 1 radical (unpaired) electrons. The van der Waals surface area contributed by atoms with Crippen molar-refractivity contribution in [2.24, 2.45) is 0 Å². The third-order valence-electron chi connectivity index (χ3n) is 8.76. The van der Waals surface area contributed by atoms with Crippen LogP contribution in [0, 0.1) is 13.8 Å². The van der Waals surface area contributed by atoms with Gasteiger partial charge in [-0.25, -0.2) is 4.98 Å². The van der Waals surface area contributed by atoms with Crippen molar-refractivity contribution >= 4 is 57.2 Å². The van der Waals surface area contributed by atoms with E-state index >= 15 is 0 Å². The summed E-state index contributed by atoms with van der Waals surface area (Å²) in [4.78, 5) is 55.4. The van der Waals surface area contributed by atoms with Crippen LogP contribution in [0.3, 0.4) is 0 Å². The molecule has 0 aromatic carbocycles. The van der Waals surface area contributed by atoms with E-state index in [1.165, 1.54) is 0 Å². The van der Waals surface area contributed by atoms with Crippen LogP contribution in [0.5, 0.6) is 0 Å². The third-order valence-corrected chi connectivity index (χ3v) is 8.76. The molecule has 8 bridgehead atoms. The van der Waals surface area contributed by atoms with Gasteiger partial charge in [0.1, 0.15) is 0 Å². The third kappa shape index (κ3) is 8.52. The molecular formula is C34H31CuN4Na3O6. The van der Waals surface area contributed by atoms with Crippen molar-refractivity contribution in [3.8, 4) is 0 Å². The Morgan fingerprint density at radius 1 is 0.896 bits per heavy atom. The fraction of sp³-hybridized carbons (Fsp3) is 0.324. The Kier molecular flexibility index (Phi) is 16.8. The molecule has 2 aliphatic rings. The number of carbonyl (C=O) groups excluding carboxylic acids is 3. The van der Waals surface area contributed by atoms with Crippen molar-refractivity contribution in [1.29, 1.82) is 0 Å². The standard InChI is InChI=1S/C34H36N4O6.Cu.3Na/c1-7-19-15(3)23-12-25-17(5)21(9-10-29(39)40)32(37-25)22(11-30(41)42)33-31(34(43)44)18(6)26(38-33)14-28-20(8-2)16(4)24(36-28)13-27(19)35-23;;;;/h7,12-14,17,21H,1,8-11H2,2-6H3,(H5,35,36,37,38,39,40,41,42,43,44);;;;/q;+2;3*+1/p-5. The van der Waals surface area contributed by atoms with Crippen LogP contribution in [0.1, 0.15) is 107 Å². The molecule has 237 valence electrons. The minimum Gasteiger partial charge on any atom is -0.657 e. The zero-order chi connectivity index (χ0) is 32.0. The van der Waals surface area contributed by atoms with Crippen molar-refractivity contribution in [2.45, 2.75) is 72.1 Å². The second-order valence-corrected chi connectivity index (χ2v) is 11.3. The number of aryl methyl sites for hydroxylation is 2. The topological polar surface area (TPSA) is 174 Å². The monoisotopic (exact) mass is 723 g/mol. The van der Waals surface area contributed by atoms with Crippen LogP contribution in [-0.2, 0) is 33.1 Å². The van der Waals surface area contributed by atoms with Crippen LogP contribution in [0.2, 0.25) is 0 Å². The van der Waals surface area contributed by atoms with Gasteiger partial charge in [-0.1, -0.05) is 55.8 Å². The molecule has 0 N–H and O–H groups in total. The van der Waals surface area contributed by atoms with Crippen LogP contribution in [0.15, 0.2) is 24.8 Å². The number of aromatic carboxylic acids is 1. The first kappa shape index (κ1) is 44.6. The summed E-state index contributed by atoms with van der Waals surface area (Å²) in [6, 6.07) is 5.38. The van der Waals surface area contributed by atoms with Gasteiger partial charge in [-0.05, 0) is 67.9 Å². The zero-order valence-corrected chi connectivity index (χ0v) is 35.5. The molecule has 3 aromatic heterocycles. The SMILES string of the molecule is C=Cc1c(C)c2cc3nc(c(CC(=O)[O-])c4[n-]c(cc5nc(cc1[n-]2)C(C)=C5CC)c(C)c4C(=O)[O-])C(CCC(=O)[O-])C3C.[Cu+2].[Na+].[Na+].[Na+]. The predicted molar refractivity (Wildman–Crippen MR) is 160 cm³/mol. The second-order valence-electron chi connectivity index (χ2n) is 11.3. The molecule has 2 aliphatic heterocycles. The molecule has 0 spiro atoms. The number of rotatable bonds is 8. The fourth-order valence-electron chi connectivity index (χ4n) is 6.34. The minimum absolute atomic E-state index is 0. The molecule has 3 aromatic rings. The predicted octanol–water partition coefficient (Wildman–Crippen LogP) is -6.74. The fourth-order valence-corrected chi connectivity index (χ4v) is 6.34. The summed E-state index contributed by atoms with van der Waals surface area (Å²) < 4.78 is 0. The summed E-state index contributed by atoms with van der Waals surface area (Å²) in [5.74, 6) is -5.20. The number of allylic oxidation sites excluding steroid dienone is 2. The van der Waals surface area contributed by atoms with Crippen LogP contribution in [-0.4, -0.2) is 27.9 Å². The Hall–Kier alpha value is -1.47. The molecule has 0 aliphatic carbocycles. The Balaban J connectivity index is 0.00000288. The van der Waals surface area contributed by atoms with Gasteiger partial charge in [0.2, 0.25) is 0 Å². The van der Waals surface area contributed by atoms with E-state index in [4.69, 9.17) is 15.0 Å². The van der Waals surface area contributed by atoms with E-state index in [2.05, 4.69) is 11.6 Å². The molecule has 2 unspecified atom stereocenters. The van der Waals surface area contributed by atoms with Crippen molar-refractivity contribution in [3.05, 3.63) is 75.4 Å². The number of carbonyl (C=O) groups is 3. The summed E-state index contributed by atoms with van der Waals surface area (Å²) in [6.45, 7) is 13.3. The maximum Gasteiger partial charge on any atom is 2.00 e. The Morgan fingerprint density at radius 2 is 1.52 bits per heavy atom. The molecule has 0 fully saturated rings. The number of hydrogen-bond donors (Lipinski definition) is 0. The maximum atomic E-state index is 12.5. The van der Waals surface area contributed by atoms with Crippen LogP contribution >= 0.6 is 0 Å². The van der Waals surface area contributed by atoms with Gasteiger partial charge >= 0.3 is 106 Å². The van der Waals surface area contributed by atoms with E-state index in [-0.39, 0.29) is 152 Å². The van der Waals surface area contributed by atoms with Crippen LogP contribution < -0.4 is 114 Å². The number of nitrogens with zero attached hydrogens (tertiary/aromatic N) is 4. The van der Waals surface area contributed by atoms with Crippen molar-refractivity contribution in [2.75, 3.05) is 0 Å². The van der Waals surface area contributed by atoms with Gasteiger partial charge in [-0.3, -0.25) is 4.98 Å². The first-order valence-corrected chi connectivity index (χ1v) is 14.5. The smallest absolute Gasteiger partial charge is 0.657 e.